The first-order chi connectivity index (χ1) is 10.2. The molecule has 112 valence electrons. The van der Waals surface area contributed by atoms with Gasteiger partial charge in [0.05, 0.1) is 5.69 Å². The minimum absolute atomic E-state index is 0.331. The van der Waals surface area contributed by atoms with Gasteiger partial charge in [-0.3, -0.25) is 9.78 Å². The molecular weight excluding hydrogens is 268 g/mol. The number of hydrogen-bond acceptors (Lipinski definition) is 3. The molecule has 2 N–H and O–H groups in total. The molecule has 1 aromatic carbocycles. The molecule has 1 aromatic heterocycles. The summed E-state index contributed by atoms with van der Waals surface area (Å²) in [4.78, 5) is 28.5. The molecule has 0 amide bonds. The van der Waals surface area contributed by atoms with Crippen LogP contribution in [-0.4, -0.2) is 16.6 Å². The van der Waals surface area contributed by atoms with Crippen molar-refractivity contribution in [3.63, 3.8) is 0 Å². The van der Waals surface area contributed by atoms with Gasteiger partial charge in [-0.1, -0.05) is 37.3 Å². The van der Waals surface area contributed by atoms with E-state index in [1.54, 1.807) is 0 Å². The third-order valence-corrected chi connectivity index (χ3v) is 3.38. The van der Waals surface area contributed by atoms with Crippen molar-refractivity contribution < 1.29 is 4.74 Å². The smallest absolute Gasteiger partial charge is 0.325 e. The zero-order valence-electron chi connectivity index (χ0n) is 12.3. The second kappa shape index (κ2) is 7.04. The van der Waals surface area contributed by atoms with Gasteiger partial charge in [-0.05, 0) is 18.9 Å². The molecule has 1 atom stereocenters. The van der Waals surface area contributed by atoms with Gasteiger partial charge in [0.15, 0.2) is 0 Å². The molecule has 5 nitrogen and oxygen atoms in total. The Bertz CT molecular complexity index is 689. The van der Waals surface area contributed by atoms with Crippen LogP contribution in [0.3, 0.4) is 0 Å². The number of benzene rings is 1. The number of H-pyrrole nitrogens is 2. The van der Waals surface area contributed by atoms with E-state index in [4.69, 9.17) is 4.74 Å². The van der Waals surface area contributed by atoms with E-state index in [0.29, 0.717) is 30.7 Å². The summed E-state index contributed by atoms with van der Waals surface area (Å²) in [5.74, 6) is 0. The third-order valence-electron chi connectivity index (χ3n) is 3.38. The second-order valence-electron chi connectivity index (χ2n) is 4.79. The minimum atomic E-state index is -0.495. The zero-order chi connectivity index (χ0) is 15.2. The van der Waals surface area contributed by atoms with Crippen LogP contribution in [0.4, 0.5) is 0 Å². The lowest BCUT2D eigenvalue weighted by molar-refractivity contribution is 0.0587. The van der Waals surface area contributed by atoms with Crippen molar-refractivity contribution in [3.8, 4) is 0 Å². The summed E-state index contributed by atoms with van der Waals surface area (Å²) in [6.45, 7) is 4.29. The van der Waals surface area contributed by atoms with Crippen LogP contribution in [-0.2, 0) is 17.6 Å². The predicted molar refractivity (Wildman–Crippen MR) is 81.6 cm³/mol. The highest BCUT2D eigenvalue weighted by atomic mass is 16.5. The van der Waals surface area contributed by atoms with E-state index in [2.05, 4.69) is 9.97 Å². The number of ether oxygens (including phenoxy) is 1. The van der Waals surface area contributed by atoms with Crippen molar-refractivity contribution in [2.24, 2.45) is 0 Å². The molecule has 1 heterocycles. The van der Waals surface area contributed by atoms with Crippen LogP contribution in [0.5, 0.6) is 0 Å². The van der Waals surface area contributed by atoms with Gasteiger partial charge in [-0.2, -0.15) is 0 Å². The van der Waals surface area contributed by atoms with Crippen molar-refractivity contribution in [1.29, 1.82) is 0 Å². The Morgan fingerprint density at radius 3 is 2.43 bits per heavy atom. The number of nitrogens with one attached hydrogen (secondary N) is 2. The monoisotopic (exact) mass is 288 g/mol. The van der Waals surface area contributed by atoms with Crippen LogP contribution in [0.25, 0.3) is 0 Å². The summed E-state index contributed by atoms with van der Waals surface area (Å²) < 4.78 is 5.76. The summed E-state index contributed by atoms with van der Waals surface area (Å²) in [7, 11) is 0. The number of aromatic amines is 2. The topological polar surface area (TPSA) is 75.0 Å². The zero-order valence-corrected chi connectivity index (χ0v) is 12.3. The van der Waals surface area contributed by atoms with Gasteiger partial charge in [0.1, 0.15) is 6.10 Å². The van der Waals surface area contributed by atoms with Crippen molar-refractivity contribution in [2.45, 2.75) is 32.8 Å². The Kier molecular flexibility index (Phi) is 5.11. The van der Waals surface area contributed by atoms with Gasteiger partial charge < -0.3 is 9.72 Å². The maximum absolute atomic E-state index is 11.9. The Morgan fingerprint density at radius 1 is 1.10 bits per heavy atom. The first-order valence-electron chi connectivity index (χ1n) is 7.16. The fourth-order valence-electron chi connectivity index (χ4n) is 2.43. The summed E-state index contributed by atoms with van der Waals surface area (Å²) in [5.41, 5.74) is 1.42. The summed E-state index contributed by atoms with van der Waals surface area (Å²) in [6.07, 6.45) is 0.822. The average Bonchev–Trinajstić information content (AvgIpc) is 2.47. The number of aromatic nitrogens is 2. The van der Waals surface area contributed by atoms with Crippen LogP contribution in [0.15, 0.2) is 39.9 Å². The summed E-state index contributed by atoms with van der Waals surface area (Å²) in [6, 6.07) is 9.87. The molecule has 0 radical (unpaired) electrons. The average molecular weight is 288 g/mol. The lowest BCUT2D eigenvalue weighted by atomic mass is 10.0. The maximum Gasteiger partial charge on any atom is 0.325 e. The molecule has 2 rings (SSSR count). The quantitative estimate of drug-likeness (QED) is 0.853. The molecule has 0 aliphatic rings. The normalized spacial score (nSPS) is 12.3. The van der Waals surface area contributed by atoms with Crippen LogP contribution < -0.4 is 11.2 Å². The van der Waals surface area contributed by atoms with Crippen LogP contribution in [0, 0.1) is 0 Å². The Labute approximate surface area is 123 Å². The predicted octanol–water partition coefficient (Wildman–Crippen LogP) is 1.95. The molecule has 0 saturated heterocycles. The highest BCUT2D eigenvalue weighted by Gasteiger charge is 2.19. The molecule has 5 heteroatoms. The highest BCUT2D eigenvalue weighted by molar-refractivity contribution is 5.23. The molecule has 0 saturated carbocycles. The molecular formula is C16H20N2O3. The molecule has 2 aromatic rings. The largest absolute Gasteiger partial charge is 0.372 e. The Morgan fingerprint density at radius 2 is 1.81 bits per heavy atom. The maximum atomic E-state index is 11.9. The van der Waals surface area contributed by atoms with Crippen molar-refractivity contribution in [1.82, 2.24) is 9.97 Å². The molecule has 1 unspecified atom stereocenters. The van der Waals surface area contributed by atoms with Crippen molar-refractivity contribution >= 4 is 0 Å². The van der Waals surface area contributed by atoms with Gasteiger partial charge in [0.2, 0.25) is 0 Å². The van der Waals surface area contributed by atoms with Crippen LogP contribution in [0.2, 0.25) is 0 Å². The fourth-order valence-corrected chi connectivity index (χ4v) is 2.43. The first-order valence-corrected chi connectivity index (χ1v) is 7.16. The molecule has 0 aliphatic carbocycles. The van der Waals surface area contributed by atoms with Crippen molar-refractivity contribution in [3.05, 3.63) is 68.0 Å². The van der Waals surface area contributed by atoms with Gasteiger partial charge >= 0.3 is 5.69 Å². The van der Waals surface area contributed by atoms with Crippen LogP contribution in [0.1, 0.15) is 36.8 Å². The Hall–Kier alpha value is -2.14. The van der Waals surface area contributed by atoms with Gasteiger partial charge in [0, 0.05) is 18.6 Å². The molecule has 0 bridgehead atoms. The molecule has 0 spiro atoms. The lowest BCUT2D eigenvalue weighted by Gasteiger charge is -2.19. The lowest BCUT2D eigenvalue weighted by Crippen LogP contribution is -2.30. The van der Waals surface area contributed by atoms with E-state index in [1.807, 2.05) is 44.2 Å². The summed E-state index contributed by atoms with van der Waals surface area (Å²) in [5, 5.41) is 0. The summed E-state index contributed by atoms with van der Waals surface area (Å²) >= 11 is 0. The van der Waals surface area contributed by atoms with Crippen LogP contribution >= 0.6 is 0 Å². The molecule has 21 heavy (non-hydrogen) atoms. The molecule has 0 aliphatic heterocycles. The van der Waals surface area contributed by atoms with E-state index in [0.717, 1.165) is 5.56 Å². The standard InChI is InChI=1S/C16H20N2O3/c1-3-12-14(17-16(20)18-15(12)19)13(21-4-2)10-11-8-6-5-7-9-11/h5-9,13H,3-4,10H2,1-2H3,(H2,17,18,19,20). The van der Waals surface area contributed by atoms with Gasteiger partial charge in [0.25, 0.3) is 5.56 Å². The van der Waals surface area contributed by atoms with Gasteiger partial charge in [-0.15, -0.1) is 0 Å². The first kappa shape index (κ1) is 15.3. The Balaban J connectivity index is 2.43. The molecule has 0 fully saturated rings. The fraction of sp³-hybridized carbons (Fsp3) is 0.375. The highest BCUT2D eigenvalue weighted by Crippen LogP contribution is 2.21. The second-order valence-corrected chi connectivity index (χ2v) is 4.79. The van der Waals surface area contributed by atoms with E-state index in [9.17, 15) is 9.59 Å². The van der Waals surface area contributed by atoms with E-state index in [1.165, 1.54) is 0 Å². The third kappa shape index (κ3) is 3.70. The van der Waals surface area contributed by atoms with E-state index in [-0.39, 0.29) is 11.7 Å². The minimum Gasteiger partial charge on any atom is -0.372 e. The van der Waals surface area contributed by atoms with E-state index >= 15 is 0 Å². The number of rotatable bonds is 6. The van der Waals surface area contributed by atoms with Crippen molar-refractivity contribution in [2.75, 3.05) is 6.61 Å². The van der Waals surface area contributed by atoms with Gasteiger partial charge in [-0.25, -0.2) is 4.79 Å². The SMILES string of the molecule is CCOC(Cc1ccccc1)c1[nH]c(=O)[nH]c(=O)c1CC. The van der Waals surface area contributed by atoms with E-state index < -0.39 is 5.69 Å². The number of hydrogen-bond donors (Lipinski definition) is 2.